The van der Waals surface area contributed by atoms with Crippen LogP contribution < -0.4 is 0 Å². The van der Waals surface area contributed by atoms with Gasteiger partial charge in [0.25, 0.3) is 0 Å². The molecule has 0 aliphatic rings. The maximum absolute atomic E-state index is 13.1. The monoisotopic (exact) mass is 448 g/mol. The van der Waals surface area contributed by atoms with E-state index in [4.69, 9.17) is 9.15 Å². The summed E-state index contributed by atoms with van der Waals surface area (Å²) in [5.74, 6) is 0.156. The number of esters is 1. The van der Waals surface area contributed by atoms with Gasteiger partial charge in [-0.3, -0.25) is 0 Å². The number of rotatable bonds is 8. The summed E-state index contributed by atoms with van der Waals surface area (Å²) >= 11 is 1.27. The summed E-state index contributed by atoms with van der Waals surface area (Å²) in [4.78, 5) is 12.5. The molecule has 0 radical (unpaired) electrons. The fourth-order valence-electron chi connectivity index (χ4n) is 3.09. The molecule has 3 rings (SSSR count). The van der Waals surface area contributed by atoms with E-state index in [1.54, 1.807) is 0 Å². The molecular formula is C24H23F3O3S. The van der Waals surface area contributed by atoms with Crippen molar-refractivity contribution in [3.63, 3.8) is 0 Å². The van der Waals surface area contributed by atoms with Crippen LogP contribution in [-0.4, -0.2) is 24.5 Å². The Hall–Kier alpha value is -2.67. The molecule has 0 amide bonds. The van der Waals surface area contributed by atoms with Gasteiger partial charge < -0.3 is 9.15 Å². The highest BCUT2D eigenvalue weighted by Gasteiger charge is 2.40. The molecule has 1 heterocycles. The summed E-state index contributed by atoms with van der Waals surface area (Å²) in [6.45, 7) is 6.05. The summed E-state index contributed by atoms with van der Waals surface area (Å²) in [5, 5.41) is 0.914. The first-order chi connectivity index (χ1) is 14.5. The first-order valence-corrected chi connectivity index (χ1v) is 10.6. The summed E-state index contributed by atoms with van der Waals surface area (Å²) in [6, 6.07) is 17.2. The van der Waals surface area contributed by atoms with Gasteiger partial charge in [-0.2, -0.15) is 13.2 Å². The zero-order valence-electron chi connectivity index (χ0n) is 17.3. The predicted octanol–water partition coefficient (Wildman–Crippen LogP) is 7.27. The molecule has 0 aliphatic heterocycles. The van der Waals surface area contributed by atoms with E-state index >= 15 is 0 Å². The molecule has 0 saturated heterocycles. The van der Waals surface area contributed by atoms with E-state index in [9.17, 15) is 18.0 Å². The summed E-state index contributed by atoms with van der Waals surface area (Å²) < 4.78 is 50.4. The van der Waals surface area contributed by atoms with Crippen LogP contribution in [0.25, 0.3) is 22.3 Å². The third-order valence-corrected chi connectivity index (χ3v) is 6.09. The number of halogens is 3. The Bertz CT molecular complexity index is 1070. The quantitative estimate of drug-likeness (QED) is 0.206. The lowest BCUT2D eigenvalue weighted by Gasteiger charge is -2.29. The molecule has 0 saturated carbocycles. The van der Waals surface area contributed by atoms with Crippen LogP contribution in [0.5, 0.6) is 0 Å². The molecule has 0 bridgehead atoms. The van der Waals surface area contributed by atoms with Gasteiger partial charge in [-0.15, -0.1) is 11.8 Å². The third-order valence-electron chi connectivity index (χ3n) is 4.66. The number of ether oxygens (including phenoxy) is 1. The van der Waals surface area contributed by atoms with Crippen LogP contribution >= 0.6 is 11.8 Å². The van der Waals surface area contributed by atoms with E-state index in [0.717, 1.165) is 21.6 Å². The van der Waals surface area contributed by atoms with Crippen molar-refractivity contribution in [2.24, 2.45) is 5.41 Å². The molecule has 3 nitrogen and oxygen atoms in total. The highest BCUT2D eigenvalue weighted by atomic mass is 32.2. The van der Waals surface area contributed by atoms with Crippen molar-refractivity contribution in [3.05, 3.63) is 66.7 Å². The molecular weight excluding hydrogens is 425 g/mol. The van der Waals surface area contributed by atoms with E-state index < -0.39 is 24.0 Å². The smallest absolute Gasteiger partial charge is 0.389 e. The van der Waals surface area contributed by atoms with Crippen LogP contribution in [0.1, 0.15) is 20.3 Å². The topological polar surface area (TPSA) is 39.4 Å². The Kier molecular flexibility index (Phi) is 6.84. The number of alkyl halides is 3. The molecule has 2 aromatic carbocycles. The van der Waals surface area contributed by atoms with Crippen LogP contribution in [0, 0.1) is 5.41 Å². The molecule has 1 atom stereocenters. The Labute approximate surface area is 183 Å². The zero-order chi connectivity index (χ0) is 22.6. The molecule has 164 valence electrons. The zero-order valence-corrected chi connectivity index (χ0v) is 18.1. The van der Waals surface area contributed by atoms with E-state index in [1.807, 2.05) is 54.6 Å². The molecule has 0 aliphatic carbocycles. The van der Waals surface area contributed by atoms with Crippen LogP contribution in [0.15, 0.2) is 76.1 Å². The van der Waals surface area contributed by atoms with Gasteiger partial charge in [0.05, 0.1) is 13.0 Å². The SMILES string of the molecule is C=C(C)C(=O)OCC(C)(CSc1ccc2cc(-c3ccccc3)oc2c1)CC(F)(F)F. The van der Waals surface area contributed by atoms with E-state index in [1.165, 1.54) is 25.6 Å². The lowest BCUT2D eigenvalue weighted by Crippen LogP contribution is -2.33. The fourth-order valence-corrected chi connectivity index (χ4v) is 4.15. The van der Waals surface area contributed by atoms with Crippen molar-refractivity contribution >= 4 is 28.7 Å². The van der Waals surface area contributed by atoms with Gasteiger partial charge in [0.15, 0.2) is 0 Å². The molecule has 1 aromatic heterocycles. The Morgan fingerprint density at radius 1 is 1.13 bits per heavy atom. The van der Waals surface area contributed by atoms with Crippen molar-refractivity contribution in [1.82, 2.24) is 0 Å². The van der Waals surface area contributed by atoms with Crippen LogP contribution in [0.3, 0.4) is 0 Å². The van der Waals surface area contributed by atoms with Crippen LogP contribution in [0.2, 0.25) is 0 Å². The van der Waals surface area contributed by atoms with Crippen molar-refractivity contribution in [2.75, 3.05) is 12.4 Å². The minimum atomic E-state index is -4.37. The normalized spacial score (nSPS) is 13.7. The van der Waals surface area contributed by atoms with Crippen molar-refractivity contribution in [1.29, 1.82) is 0 Å². The van der Waals surface area contributed by atoms with Crippen molar-refractivity contribution < 1.29 is 27.1 Å². The highest BCUT2D eigenvalue weighted by molar-refractivity contribution is 7.99. The number of thioether (sulfide) groups is 1. The number of hydrogen-bond donors (Lipinski definition) is 0. The molecule has 3 aromatic rings. The first kappa shape index (κ1) is 23.0. The standard InChI is InChI=1S/C24H23F3O3S/c1-16(2)22(28)29-14-23(3,13-24(25,26)27)15-31-19-10-9-18-11-20(30-21(18)12-19)17-7-5-4-6-8-17/h4-12H,1,13-15H2,2-3H3. The molecule has 1 unspecified atom stereocenters. The summed E-state index contributed by atoms with van der Waals surface area (Å²) in [6.07, 6.45) is -5.43. The van der Waals surface area contributed by atoms with E-state index in [0.29, 0.717) is 5.58 Å². The second-order valence-electron chi connectivity index (χ2n) is 7.92. The lowest BCUT2D eigenvalue weighted by molar-refractivity contribution is -0.166. The molecule has 0 N–H and O–H groups in total. The molecule has 0 fully saturated rings. The molecule has 7 heteroatoms. The number of benzene rings is 2. The number of carbonyl (C=O) groups excluding carboxylic acids is 1. The minimum absolute atomic E-state index is 0.119. The molecule has 31 heavy (non-hydrogen) atoms. The number of fused-ring (bicyclic) bond motifs is 1. The summed E-state index contributed by atoms with van der Waals surface area (Å²) in [7, 11) is 0. The van der Waals surface area contributed by atoms with Gasteiger partial charge >= 0.3 is 12.1 Å². The van der Waals surface area contributed by atoms with Gasteiger partial charge in [0.1, 0.15) is 11.3 Å². The van der Waals surface area contributed by atoms with E-state index in [-0.39, 0.29) is 17.9 Å². The average molecular weight is 449 g/mol. The lowest BCUT2D eigenvalue weighted by atomic mass is 9.90. The Morgan fingerprint density at radius 2 is 1.84 bits per heavy atom. The molecule has 0 spiro atoms. The predicted molar refractivity (Wildman–Crippen MR) is 117 cm³/mol. The second-order valence-corrected chi connectivity index (χ2v) is 8.97. The van der Waals surface area contributed by atoms with Gasteiger partial charge in [-0.05, 0) is 31.2 Å². The van der Waals surface area contributed by atoms with Gasteiger partial charge in [-0.25, -0.2) is 4.79 Å². The third kappa shape index (κ3) is 6.40. The van der Waals surface area contributed by atoms with Crippen LogP contribution in [0.4, 0.5) is 13.2 Å². The largest absolute Gasteiger partial charge is 0.462 e. The van der Waals surface area contributed by atoms with Gasteiger partial charge in [-0.1, -0.05) is 43.8 Å². The summed E-state index contributed by atoms with van der Waals surface area (Å²) in [5.41, 5.74) is 0.487. The number of hydrogen-bond acceptors (Lipinski definition) is 4. The van der Waals surface area contributed by atoms with Gasteiger partial charge in [0.2, 0.25) is 0 Å². The van der Waals surface area contributed by atoms with Crippen LogP contribution in [-0.2, 0) is 9.53 Å². The Balaban J connectivity index is 1.75. The Morgan fingerprint density at radius 3 is 2.48 bits per heavy atom. The minimum Gasteiger partial charge on any atom is -0.462 e. The maximum Gasteiger partial charge on any atom is 0.389 e. The maximum atomic E-state index is 13.1. The average Bonchev–Trinajstić information content (AvgIpc) is 3.13. The number of furan rings is 1. The highest BCUT2D eigenvalue weighted by Crippen LogP contribution is 2.39. The van der Waals surface area contributed by atoms with Gasteiger partial charge in [0, 0.05) is 32.6 Å². The van der Waals surface area contributed by atoms with Crippen molar-refractivity contribution in [2.45, 2.75) is 31.3 Å². The number of carbonyl (C=O) groups is 1. The van der Waals surface area contributed by atoms with Crippen molar-refractivity contribution in [3.8, 4) is 11.3 Å². The second kappa shape index (κ2) is 9.22. The van der Waals surface area contributed by atoms with E-state index in [2.05, 4.69) is 6.58 Å². The first-order valence-electron chi connectivity index (χ1n) is 9.66. The fraction of sp³-hybridized carbons (Fsp3) is 0.292.